The van der Waals surface area contributed by atoms with Crippen LogP contribution in [0.1, 0.15) is 48.6 Å². The van der Waals surface area contributed by atoms with Crippen molar-refractivity contribution in [2.24, 2.45) is 0 Å². The lowest BCUT2D eigenvalue weighted by Crippen LogP contribution is -2.43. The quantitative estimate of drug-likeness (QED) is 0.816. The zero-order valence-electron chi connectivity index (χ0n) is 17.7. The van der Waals surface area contributed by atoms with E-state index >= 15 is 0 Å². The summed E-state index contributed by atoms with van der Waals surface area (Å²) in [6.45, 7) is 8.53. The first-order chi connectivity index (χ1) is 14.4. The summed E-state index contributed by atoms with van der Waals surface area (Å²) in [4.78, 5) is 36.5. The first-order valence-electron chi connectivity index (χ1n) is 10.9. The molecule has 3 aliphatic rings. The molecule has 0 aliphatic carbocycles. The van der Waals surface area contributed by atoms with Crippen LogP contribution in [0.4, 0.5) is 4.79 Å². The number of hydrogen-bond acceptors (Lipinski definition) is 5. The molecule has 7 nitrogen and oxygen atoms in total. The van der Waals surface area contributed by atoms with Crippen molar-refractivity contribution in [3.63, 3.8) is 0 Å². The van der Waals surface area contributed by atoms with Crippen LogP contribution in [0.15, 0.2) is 22.3 Å². The van der Waals surface area contributed by atoms with Gasteiger partial charge in [-0.25, -0.2) is 9.78 Å². The number of rotatable bonds is 3. The first kappa shape index (κ1) is 19.8. The lowest BCUT2D eigenvalue weighted by atomic mass is 9.85. The minimum atomic E-state index is -0.170. The molecule has 0 saturated carbocycles. The molecule has 0 bridgehead atoms. The molecule has 1 unspecified atom stereocenters. The van der Waals surface area contributed by atoms with Crippen LogP contribution < -0.4 is 10.9 Å². The van der Waals surface area contributed by atoms with Gasteiger partial charge in [0, 0.05) is 62.0 Å². The third-order valence-corrected chi connectivity index (χ3v) is 7.56. The van der Waals surface area contributed by atoms with Gasteiger partial charge in [-0.2, -0.15) is 0 Å². The third-order valence-electron chi connectivity index (χ3n) is 6.70. The highest BCUT2D eigenvalue weighted by molar-refractivity contribution is 7.09. The van der Waals surface area contributed by atoms with Crippen molar-refractivity contribution >= 4 is 17.4 Å². The summed E-state index contributed by atoms with van der Waals surface area (Å²) in [6.07, 6.45) is 2.59. The molecule has 0 aromatic carbocycles. The number of urea groups is 1. The number of carbonyl (C=O) groups excluding carboxylic acids is 1. The van der Waals surface area contributed by atoms with E-state index in [1.165, 1.54) is 4.88 Å². The molecule has 3 aliphatic heterocycles. The predicted molar refractivity (Wildman–Crippen MR) is 117 cm³/mol. The fourth-order valence-electron chi connectivity index (χ4n) is 5.15. The van der Waals surface area contributed by atoms with E-state index < -0.39 is 0 Å². The van der Waals surface area contributed by atoms with Gasteiger partial charge in [-0.1, -0.05) is 6.07 Å². The minimum absolute atomic E-state index is 0.00940. The third kappa shape index (κ3) is 3.36. The maximum Gasteiger partial charge on any atom is 0.317 e. The smallest absolute Gasteiger partial charge is 0.317 e. The average molecular weight is 428 g/mol. The van der Waals surface area contributed by atoms with Gasteiger partial charge in [-0.05, 0) is 38.1 Å². The molecule has 30 heavy (non-hydrogen) atoms. The topological polar surface area (TPSA) is 70.5 Å². The molecule has 160 valence electrons. The highest BCUT2D eigenvalue weighted by Gasteiger charge is 2.48. The molecule has 5 rings (SSSR count). The molecule has 5 heterocycles. The monoisotopic (exact) mass is 427 g/mol. The molecule has 8 heteroatoms. The lowest BCUT2D eigenvalue weighted by Gasteiger charge is -2.29. The van der Waals surface area contributed by atoms with E-state index in [2.05, 4.69) is 27.7 Å². The van der Waals surface area contributed by atoms with Crippen LogP contribution in [-0.2, 0) is 31.5 Å². The van der Waals surface area contributed by atoms with E-state index in [0.717, 1.165) is 56.0 Å². The van der Waals surface area contributed by atoms with E-state index in [1.54, 1.807) is 11.3 Å². The van der Waals surface area contributed by atoms with Gasteiger partial charge >= 0.3 is 6.03 Å². The first-order valence-corrected chi connectivity index (χ1v) is 11.8. The summed E-state index contributed by atoms with van der Waals surface area (Å²) in [5, 5.41) is 5.09. The van der Waals surface area contributed by atoms with Crippen molar-refractivity contribution < 1.29 is 4.79 Å². The Hall–Kier alpha value is -2.19. The Morgan fingerprint density at radius 3 is 2.90 bits per heavy atom. The van der Waals surface area contributed by atoms with Crippen LogP contribution in [0.5, 0.6) is 0 Å². The van der Waals surface area contributed by atoms with Crippen LogP contribution in [-0.4, -0.2) is 51.1 Å². The van der Waals surface area contributed by atoms with Gasteiger partial charge in [0.05, 0.1) is 11.3 Å². The molecule has 2 amide bonds. The Morgan fingerprint density at radius 2 is 2.13 bits per heavy atom. The molecule has 1 fully saturated rings. The number of aromatic nitrogens is 2. The maximum absolute atomic E-state index is 13.4. The van der Waals surface area contributed by atoms with Gasteiger partial charge in [0.1, 0.15) is 5.82 Å². The highest BCUT2D eigenvalue weighted by atomic mass is 32.1. The van der Waals surface area contributed by atoms with Crippen LogP contribution in [0.3, 0.4) is 0 Å². The fraction of sp³-hybridized carbons (Fsp3) is 0.591. The molecule has 1 atom stereocenters. The van der Waals surface area contributed by atoms with Crippen LogP contribution in [0, 0.1) is 0 Å². The average Bonchev–Trinajstić information content (AvgIpc) is 3.44. The van der Waals surface area contributed by atoms with Crippen LogP contribution >= 0.6 is 11.3 Å². The zero-order valence-corrected chi connectivity index (χ0v) is 18.5. The highest BCUT2D eigenvalue weighted by Crippen LogP contribution is 2.41. The second kappa shape index (κ2) is 7.50. The molecule has 0 radical (unpaired) electrons. The van der Waals surface area contributed by atoms with Crippen molar-refractivity contribution in [3.8, 4) is 0 Å². The largest absolute Gasteiger partial charge is 0.336 e. The number of nitrogens with zero attached hydrogens (tertiary/aromatic N) is 4. The number of fused-ring (bicyclic) bond motifs is 3. The van der Waals surface area contributed by atoms with Crippen molar-refractivity contribution in [1.29, 1.82) is 0 Å². The van der Waals surface area contributed by atoms with Crippen molar-refractivity contribution in [3.05, 3.63) is 49.8 Å². The molecular weight excluding hydrogens is 398 g/mol. The molecule has 1 saturated heterocycles. The SMILES string of the molecule is CC(C)NC(=O)N1CCC2(CCn3c2nc2c(c3=O)CN(Cc3cccs3)CC2)C1. The zero-order chi connectivity index (χ0) is 20.9. The summed E-state index contributed by atoms with van der Waals surface area (Å²) in [5.74, 6) is 0.915. The van der Waals surface area contributed by atoms with E-state index in [-0.39, 0.29) is 23.0 Å². The van der Waals surface area contributed by atoms with E-state index in [1.807, 2.05) is 23.3 Å². The number of nitrogens with one attached hydrogen (secondary N) is 1. The lowest BCUT2D eigenvalue weighted by molar-refractivity contribution is 0.202. The number of hydrogen-bond donors (Lipinski definition) is 1. The second-order valence-electron chi connectivity index (χ2n) is 9.16. The summed E-state index contributed by atoms with van der Waals surface area (Å²) in [6, 6.07) is 4.34. The van der Waals surface area contributed by atoms with Gasteiger partial charge in [0.25, 0.3) is 5.56 Å². The standard InChI is InChI=1S/C22H29N5O2S/c1-15(2)23-21(29)26-9-6-22(14-26)7-10-27-19(28)17-13-25(12-16-4-3-11-30-16)8-5-18(17)24-20(22)27/h3-4,11,15H,5-10,12-14H2,1-2H3,(H,23,29). The van der Waals surface area contributed by atoms with Crippen molar-refractivity contribution in [1.82, 2.24) is 24.7 Å². The number of carbonyl (C=O) groups is 1. The van der Waals surface area contributed by atoms with E-state index in [9.17, 15) is 9.59 Å². The second-order valence-corrected chi connectivity index (χ2v) is 10.2. The number of amides is 2. The van der Waals surface area contributed by atoms with Crippen molar-refractivity contribution in [2.75, 3.05) is 19.6 Å². The van der Waals surface area contributed by atoms with Crippen LogP contribution in [0.2, 0.25) is 0 Å². The van der Waals surface area contributed by atoms with Gasteiger partial charge in [-0.3, -0.25) is 14.3 Å². The molecular formula is C22H29N5O2S. The Balaban J connectivity index is 1.39. The molecule has 2 aromatic rings. The number of likely N-dealkylation sites (tertiary alicyclic amines) is 1. The van der Waals surface area contributed by atoms with E-state index in [4.69, 9.17) is 4.98 Å². The summed E-state index contributed by atoms with van der Waals surface area (Å²) < 4.78 is 1.90. The maximum atomic E-state index is 13.4. The Kier molecular flexibility index (Phi) is 4.94. The van der Waals surface area contributed by atoms with Gasteiger partial charge < -0.3 is 10.2 Å². The summed E-state index contributed by atoms with van der Waals surface area (Å²) in [5.41, 5.74) is 1.80. The van der Waals surface area contributed by atoms with Gasteiger partial charge in [0.2, 0.25) is 0 Å². The minimum Gasteiger partial charge on any atom is -0.336 e. The van der Waals surface area contributed by atoms with Gasteiger partial charge in [0.15, 0.2) is 0 Å². The van der Waals surface area contributed by atoms with Crippen molar-refractivity contribution in [2.45, 2.75) is 64.2 Å². The predicted octanol–water partition coefficient (Wildman–Crippen LogP) is 2.33. The Morgan fingerprint density at radius 1 is 1.30 bits per heavy atom. The van der Waals surface area contributed by atoms with E-state index in [0.29, 0.717) is 19.6 Å². The molecule has 1 N–H and O–H groups in total. The van der Waals surface area contributed by atoms with Crippen LogP contribution in [0.25, 0.3) is 0 Å². The van der Waals surface area contributed by atoms with Gasteiger partial charge in [-0.15, -0.1) is 11.3 Å². The normalized spacial score (nSPS) is 23.2. The molecule has 1 spiro atoms. The number of thiophene rings is 1. The summed E-state index contributed by atoms with van der Waals surface area (Å²) >= 11 is 1.76. The summed E-state index contributed by atoms with van der Waals surface area (Å²) in [7, 11) is 0. The fourth-order valence-corrected chi connectivity index (χ4v) is 5.90. The Labute approximate surface area is 180 Å². The molecule has 2 aromatic heterocycles. The Bertz CT molecular complexity index is 1020.